The van der Waals surface area contributed by atoms with E-state index in [4.69, 9.17) is 0 Å². The highest BCUT2D eigenvalue weighted by Gasteiger charge is 2.39. The van der Waals surface area contributed by atoms with Crippen molar-refractivity contribution in [1.82, 2.24) is 0 Å². The van der Waals surface area contributed by atoms with Gasteiger partial charge in [0.05, 0.1) is 6.07 Å². The van der Waals surface area contributed by atoms with E-state index in [1.165, 1.54) is 21.6 Å². The highest BCUT2D eigenvalue weighted by atomic mass is 79.9. The number of thioether (sulfide) groups is 1. The Morgan fingerprint density at radius 3 is 2.57 bits per heavy atom. The molecule has 0 bridgehead atoms. The van der Waals surface area contributed by atoms with Crippen LogP contribution in [-0.2, 0) is 11.2 Å². The van der Waals surface area contributed by atoms with E-state index in [1.54, 1.807) is 0 Å². The van der Waals surface area contributed by atoms with Gasteiger partial charge in [-0.25, -0.2) is 0 Å². The van der Waals surface area contributed by atoms with Crippen molar-refractivity contribution in [2.75, 3.05) is 5.33 Å². The minimum absolute atomic E-state index is 0.523. The molecule has 1 aliphatic heterocycles. The van der Waals surface area contributed by atoms with Gasteiger partial charge < -0.3 is 0 Å². The summed E-state index contributed by atoms with van der Waals surface area (Å²) < 4.78 is 0. The zero-order chi connectivity index (χ0) is 14.7. The molecule has 1 unspecified atom stereocenters. The molecule has 3 heteroatoms. The summed E-state index contributed by atoms with van der Waals surface area (Å²) in [5.41, 5.74) is 3.12. The maximum absolute atomic E-state index is 10.1. The van der Waals surface area contributed by atoms with Crippen molar-refractivity contribution in [2.24, 2.45) is 0 Å². The van der Waals surface area contributed by atoms with Crippen LogP contribution in [0.5, 0.6) is 0 Å². The number of halogens is 1. The molecule has 0 saturated heterocycles. The average molecular weight is 358 g/mol. The van der Waals surface area contributed by atoms with Gasteiger partial charge in [-0.3, -0.25) is 0 Å². The monoisotopic (exact) mass is 357 g/mol. The summed E-state index contributed by atoms with van der Waals surface area (Å²) in [7, 11) is 0. The molecule has 0 N–H and O–H groups in total. The molecule has 0 aliphatic carbocycles. The zero-order valence-corrected chi connectivity index (χ0v) is 14.1. The van der Waals surface area contributed by atoms with Crippen LogP contribution >= 0.6 is 27.7 Å². The molecule has 2 aromatic rings. The van der Waals surface area contributed by atoms with Crippen molar-refractivity contribution >= 4 is 27.7 Å². The summed E-state index contributed by atoms with van der Waals surface area (Å²) in [5, 5.41) is 11.0. The second-order valence-electron chi connectivity index (χ2n) is 5.25. The number of rotatable bonds is 3. The van der Waals surface area contributed by atoms with E-state index in [1.807, 2.05) is 17.8 Å². The molecule has 0 saturated carbocycles. The van der Waals surface area contributed by atoms with Crippen molar-refractivity contribution in [3.63, 3.8) is 0 Å². The fourth-order valence-electron chi connectivity index (χ4n) is 3.09. The first kappa shape index (κ1) is 14.7. The molecule has 21 heavy (non-hydrogen) atoms. The van der Waals surface area contributed by atoms with Gasteiger partial charge in [-0.15, -0.1) is 11.8 Å². The fourth-order valence-corrected chi connectivity index (χ4v) is 4.50. The number of fused-ring (bicyclic) bond motifs is 2. The molecular formula is C18H16BrNS. The Balaban J connectivity index is 2.26. The molecule has 1 heterocycles. The van der Waals surface area contributed by atoms with Gasteiger partial charge in [-0.2, -0.15) is 5.26 Å². The first-order chi connectivity index (χ1) is 10.3. The normalized spacial score (nSPS) is 20.0. The second kappa shape index (κ2) is 6.25. The number of hydrogen-bond donors (Lipinski definition) is 0. The van der Waals surface area contributed by atoms with Crippen LogP contribution in [0, 0.1) is 11.3 Å². The molecule has 0 aromatic heterocycles. The molecule has 1 nitrogen and oxygen atoms in total. The van der Waals surface area contributed by atoms with Gasteiger partial charge >= 0.3 is 0 Å². The van der Waals surface area contributed by atoms with E-state index >= 15 is 0 Å². The maximum atomic E-state index is 10.1. The lowest BCUT2D eigenvalue weighted by molar-refractivity contribution is 0.575. The van der Waals surface area contributed by atoms with Crippen molar-refractivity contribution in [1.29, 1.82) is 5.26 Å². The molecule has 0 amide bonds. The van der Waals surface area contributed by atoms with Crippen LogP contribution in [0.25, 0.3) is 0 Å². The fraction of sp³-hybridized carbons (Fsp3) is 0.278. The Morgan fingerprint density at radius 1 is 1.10 bits per heavy atom. The first-order valence-corrected chi connectivity index (χ1v) is 9.20. The standard InChI is InChI=1S/C18H16BrNS/c19-11-5-10-18(13-20)15-7-2-1-6-14(15)12-21-17-9-4-3-8-16(17)18/h1-4,6-9H,5,10-12H2. The van der Waals surface area contributed by atoms with E-state index in [0.29, 0.717) is 0 Å². The third-order valence-electron chi connectivity index (χ3n) is 4.08. The lowest BCUT2D eigenvalue weighted by Crippen LogP contribution is -2.27. The Kier molecular flexibility index (Phi) is 4.37. The van der Waals surface area contributed by atoms with E-state index in [2.05, 4.69) is 64.5 Å². The maximum Gasteiger partial charge on any atom is 0.108 e. The topological polar surface area (TPSA) is 23.8 Å². The largest absolute Gasteiger partial charge is 0.197 e. The molecule has 0 fully saturated rings. The predicted octanol–water partition coefficient (Wildman–Crippen LogP) is 5.28. The van der Waals surface area contributed by atoms with E-state index < -0.39 is 5.41 Å². The minimum atomic E-state index is -0.523. The van der Waals surface area contributed by atoms with E-state index in [9.17, 15) is 5.26 Å². The van der Waals surface area contributed by atoms with Crippen LogP contribution < -0.4 is 0 Å². The van der Waals surface area contributed by atoms with Crippen molar-refractivity contribution in [2.45, 2.75) is 28.9 Å². The molecule has 0 radical (unpaired) electrons. The summed E-state index contributed by atoms with van der Waals surface area (Å²) in [6.07, 6.45) is 1.84. The molecule has 106 valence electrons. The molecule has 3 rings (SSSR count). The highest BCUT2D eigenvalue weighted by molar-refractivity contribution is 9.09. The van der Waals surface area contributed by atoms with Gasteiger partial charge in [-0.1, -0.05) is 58.4 Å². The molecule has 1 aliphatic rings. The smallest absolute Gasteiger partial charge is 0.108 e. The van der Waals surface area contributed by atoms with Crippen molar-refractivity contribution in [3.8, 4) is 6.07 Å². The van der Waals surface area contributed by atoms with Gasteiger partial charge in [-0.05, 0) is 35.6 Å². The minimum Gasteiger partial charge on any atom is -0.197 e. The molecular weight excluding hydrogens is 342 g/mol. The number of hydrogen-bond acceptors (Lipinski definition) is 2. The molecule has 0 spiro atoms. The number of nitriles is 1. The van der Waals surface area contributed by atoms with Gasteiger partial charge in [0.1, 0.15) is 5.41 Å². The molecule has 1 atom stereocenters. The van der Waals surface area contributed by atoms with Gasteiger partial charge in [0.2, 0.25) is 0 Å². The van der Waals surface area contributed by atoms with Crippen LogP contribution in [-0.4, -0.2) is 5.33 Å². The first-order valence-electron chi connectivity index (χ1n) is 7.10. The van der Waals surface area contributed by atoms with Crippen LogP contribution in [0.15, 0.2) is 53.4 Å². The number of nitrogens with zero attached hydrogens (tertiary/aromatic N) is 1. The third-order valence-corrected chi connectivity index (χ3v) is 5.77. The summed E-state index contributed by atoms with van der Waals surface area (Å²) in [6, 6.07) is 19.5. The van der Waals surface area contributed by atoms with Crippen LogP contribution in [0.2, 0.25) is 0 Å². The van der Waals surface area contributed by atoms with Gasteiger partial charge in [0.15, 0.2) is 0 Å². The lowest BCUT2D eigenvalue weighted by Gasteiger charge is -2.29. The molecule has 2 aromatic carbocycles. The Labute approximate surface area is 138 Å². The van der Waals surface area contributed by atoms with E-state index in [0.717, 1.165) is 23.9 Å². The Hall–Kier alpha value is -1.24. The summed E-state index contributed by atoms with van der Waals surface area (Å²) in [5.74, 6) is 0.935. The van der Waals surface area contributed by atoms with Crippen LogP contribution in [0.4, 0.5) is 0 Å². The van der Waals surface area contributed by atoms with Crippen molar-refractivity contribution in [3.05, 3.63) is 65.2 Å². The Bertz CT molecular complexity index is 642. The highest BCUT2D eigenvalue weighted by Crippen LogP contribution is 2.46. The van der Waals surface area contributed by atoms with Gasteiger partial charge in [0, 0.05) is 16.0 Å². The average Bonchev–Trinajstić information content (AvgIpc) is 2.69. The van der Waals surface area contributed by atoms with Crippen LogP contribution in [0.3, 0.4) is 0 Å². The Morgan fingerprint density at radius 2 is 1.81 bits per heavy atom. The summed E-state index contributed by atoms with van der Waals surface area (Å²) >= 11 is 5.35. The number of benzene rings is 2. The summed E-state index contributed by atoms with van der Waals surface area (Å²) in [6.45, 7) is 0. The lowest BCUT2D eigenvalue weighted by atomic mass is 9.71. The quantitative estimate of drug-likeness (QED) is 0.698. The second-order valence-corrected chi connectivity index (χ2v) is 7.06. The SMILES string of the molecule is N#CC1(CCCBr)c2ccccc2CSc2ccccc21. The third kappa shape index (κ3) is 2.52. The number of alkyl halides is 1. The van der Waals surface area contributed by atoms with Crippen molar-refractivity contribution < 1.29 is 0 Å². The predicted molar refractivity (Wildman–Crippen MR) is 91.9 cm³/mol. The van der Waals surface area contributed by atoms with Gasteiger partial charge in [0.25, 0.3) is 0 Å². The summed E-state index contributed by atoms with van der Waals surface area (Å²) in [4.78, 5) is 1.24. The van der Waals surface area contributed by atoms with E-state index in [-0.39, 0.29) is 0 Å². The van der Waals surface area contributed by atoms with Crippen LogP contribution in [0.1, 0.15) is 29.5 Å². The zero-order valence-electron chi connectivity index (χ0n) is 11.7.